The Bertz CT molecular complexity index is 505. The number of aliphatic carboxylic acids is 1. The van der Waals surface area contributed by atoms with Crippen molar-refractivity contribution in [2.75, 3.05) is 0 Å². The third-order valence-corrected chi connectivity index (χ3v) is 2.83. The Morgan fingerprint density at radius 3 is 2.25 bits per heavy atom. The third-order valence-electron chi connectivity index (χ3n) is 2.83. The molecule has 0 aromatic heterocycles. The molecule has 5 nitrogen and oxygen atoms in total. The van der Waals surface area contributed by atoms with Gasteiger partial charge in [0, 0.05) is 0 Å². The zero-order valence-electron chi connectivity index (χ0n) is 12.2. The van der Waals surface area contributed by atoms with E-state index in [0.717, 1.165) is 5.56 Å². The predicted molar refractivity (Wildman–Crippen MR) is 75.1 cm³/mol. The fraction of sp³-hybridized carbons (Fsp3) is 0.467. The first kappa shape index (κ1) is 16.2. The average molecular weight is 279 g/mol. The summed E-state index contributed by atoms with van der Waals surface area (Å²) in [7, 11) is 0. The van der Waals surface area contributed by atoms with E-state index in [4.69, 9.17) is 10.5 Å². The summed E-state index contributed by atoms with van der Waals surface area (Å²) in [6.07, 6.45) is 0. The largest absolute Gasteiger partial charge is 0.481 e. The van der Waals surface area contributed by atoms with Crippen LogP contribution in [0.15, 0.2) is 24.3 Å². The number of carboxylic acid groups (broad SMARTS) is 1. The lowest BCUT2D eigenvalue weighted by molar-refractivity contribution is -0.167. The van der Waals surface area contributed by atoms with Gasteiger partial charge in [-0.05, 0) is 38.8 Å². The van der Waals surface area contributed by atoms with Crippen LogP contribution in [0.3, 0.4) is 0 Å². The molecule has 1 aromatic rings. The maximum atomic E-state index is 12.0. The average Bonchev–Trinajstić information content (AvgIpc) is 2.26. The highest BCUT2D eigenvalue weighted by molar-refractivity contribution is 5.95. The highest BCUT2D eigenvalue weighted by Gasteiger charge is 2.37. The Morgan fingerprint density at radius 2 is 1.80 bits per heavy atom. The lowest BCUT2D eigenvalue weighted by Gasteiger charge is -2.25. The number of hydrogen-bond donors (Lipinski definition) is 2. The second-order valence-electron chi connectivity index (χ2n) is 5.73. The summed E-state index contributed by atoms with van der Waals surface area (Å²) in [4.78, 5) is 23.4. The molecule has 0 heterocycles. The summed E-state index contributed by atoms with van der Waals surface area (Å²) in [5.41, 5.74) is 6.70. The molecule has 20 heavy (non-hydrogen) atoms. The van der Waals surface area contributed by atoms with E-state index in [0.29, 0.717) is 5.56 Å². The Kier molecular flexibility index (Phi) is 4.89. The lowest BCUT2D eigenvalue weighted by atomic mass is 9.91. The van der Waals surface area contributed by atoms with E-state index in [1.165, 1.54) is 0 Å². The number of carbonyl (C=O) groups excluding carboxylic acids is 1. The lowest BCUT2D eigenvalue weighted by Crippen LogP contribution is -2.39. The summed E-state index contributed by atoms with van der Waals surface area (Å²) in [6, 6.07) is 6.19. The van der Waals surface area contributed by atoms with Gasteiger partial charge in [0.25, 0.3) is 0 Å². The summed E-state index contributed by atoms with van der Waals surface area (Å²) < 4.78 is 5.14. The van der Waals surface area contributed by atoms with E-state index in [2.05, 4.69) is 0 Å². The Balaban J connectivity index is 3.06. The van der Waals surface area contributed by atoms with Crippen LogP contribution in [0.25, 0.3) is 0 Å². The maximum Gasteiger partial charge on any atom is 0.322 e. The molecule has 0 fully saturated rings. The van der Waals surface area contributed by atoms with Crippen molar-refractivity contribution in [2.45, 2.75) is 39.3 Å². The minimum absolute atomic E-state index is 0.630. The van der Waals surface area contributed by atoms with Crippen molar-refractivity contribution < 1.29 is 19.4 Å². The van der Waals surface area contributed by atoms with Gasteiger partial charge in [0.05, 0.1) is 6.04 Å². The van der Waals surface area contributed by atoms with Gasteiger partial charge in [-0.25, -0.2) is 0 Å². The van der Waals surface area contributed by atoms with E-state index in [9.17, 15) is 14.7 Å². The summed E-state index contributed by atoms with van der Waals surface area (Å²) in [6.45, 7) is 6.87. The molecule has 0 bridgehead atoms. The molecule has 3 N–H and O–H groups in total. The molecule has 0 aliphatic heterocycles. The quantitative estimate of drug-likeness (QED) is 0.650. The second-order valence-corrected chi connectivity index (χ2v) is 5.73. The zero-order chi connectivity index (χ0) is 15.5. The first-order chi connectivity index (χ1) is 9.13. The van der Waals surface area contributed by atoms with Gasteiger partial charge < -0.3 is 15.6 Å². The van der Waals surface area contributed by atoms with E-state index in [1.54, 1.807) is 32.9 Å². The van der Waals surface area contributed by atoms with Crippen LogP contribution in [0.5, 0.6) is 0 Å². The van der Waals surface area contributed by atoms with Gasteiger partial charge in [-0.15, -0.1) is 0 Å². The number of rotatable bonds is 4. The molecule has 5 heteroatoms. The van der Waals surface area contributed by atoms with Crippen molar-refractivity contribution in [2.24, 2.45) is 11.7 Å². The zero-order valence-corrected chi connectivity index (χ0v) is 12.2. The third kappa shape index (κ3) is 4.06. The van der Waals surface area contributed by atoms with Crippen LogP contribution in [0.1, 0.15) is 37.9 Å². The molecule has 0 amide bonds. The maximum absolute atomic E-state index is 12.0. The van der Waals surface area contributed by atoms with E-state index in [-0.39, 0.29) is 0 Å². The van der Waals surface area contributed by atoms with Crippen molar-refractivity contribution in [3.63, 3.8) is 0 Å². The minimum atomic E-state index is -1.42. The number of hydrogen-bond acceptors (Lipinski definition) is 4. The normalized spacial score (nSPS) is 14.4. The smallest absolute Gasteiger partial charge is 0.322 e. The van der Waals surface area contributed by atoms with Crippen molar-refractivity contribution in [3.05, 3.63) is 35.4 Å². The van der Waals surface area contributed by atoms with Gasteiger partial charge in [-0.3, -0.25) is 9.59 Å². The van der Waals surface area contributed by atoms with Crippen LogP contribution in [-0.4, -0.2) is 22.6 Å². The van der Waals surface area contributed by atoms with Crippen molar-refractivity contribution >= 4 is 11.9 Å². The predicted octanol–water partition coefficient (Wildman–Crippen LogP) is 2.04. The highest BCUT2D eigenvalue weighted by Crippen LogP contribution is 2.25. The Morgan fingerprint density at radius 1 is 1.25 bits per heavy atom. The Hall–Kier alpha value is -1.88. The summed E-state index contributed by atoms with van der Waals surface area (Å²) >= 11 is 0. The molecule has 1 aromatic carbocycles. The van der Waals surface area contributed by atoms with Crippen LogP contribution in [0, 0.1) is 12.8 Å². The number of benzene rings is 1. The first-order valence-electron chi connectivity index (χ1n) is 6.40. The van der Waals surface area contributed by atoms with Crippen LogP contribution in [0.2, 0.25) is 0 Å². The molecule has 0 aliphatic carbocycles. The molecule has 110 valence electrons. The Labute approximate surface area is 118 Å². The number of ether oxygens (including phenoxy) is 1. The van der Waals surface area contributed by atoms with Gasteiger partial charge >= 0.3 is 11.9 Å². The van der Waals surface area contributed by atoms with E-state index in [1.807, 2.05) is 19.1 Å². The molecule has 0 saturated heterocycles. The fourth-order valence-electron chi connectivity index (χ4n) is 1.91. The van der Waals surface area contributed by atoms with Crippen LogP contribution >= 0.6 is 0 Å². The standard InChI is InChI=1S/C15H21NO4/c1-9-7-5-6-8-10(9)12(16)11(13(17)18)14(19)20-15(2,3)4/h5-8,11-12H,16H2,1-4H3,(H,17,18). The van der Waals surface area contributed by atoms with Crippen molar-refractivity contribution in [3.8, 4) is 0 Å². The topological polar surface area (TPSA) is 89.6 Å². The number of carboxylic acids is 1. The van der Waals surface area contributed by atoms with Gasteiger partial charge in [-0.1, -0.05) is 24.3 Å². The van der Waals surface area contributed by atoms with Gasteiger partial charge in [-0.2, -0.15) is 0 Å². The first-order valence-corrected chi connectivity index (χ1v) is 6.40. The highest BCUT2D eigenvalue weighted by atomic mass is 16.6. The van der Waals surface area contributed by atoms with Gasteiger partial charge in [0.15, 0.2) is 5.92 Å². The van der Waals surface area contributed by atoms with Crippen molar-refractivity contribution in [1.82, 2.24) is 0 Å². The van der Waals surface area contributed by atoms with Crippen LogP contribution < -0.4 is 5.73 Å². The summed E-state index contributed by atoms with van der Waals surface area (Å²) in [5.74, 6) is -3.52. The number of esters is 1. The molecule has 2 atom stereocenters. The minimum Gasteiger partial charge on any atom is -0.481 e. The van der Waals surface area contributed by atoms with E-state index < -0.39 is 29.5 Å². The summed E-state index contributed by atoms with van der Waals surface area (Å²) in [5, 5.41) is 9.28. The van der Waals surface area contributed by atoms with Crippen molar-refractivity contribution in [1.29, 1.82) is 0 Å². The molecule has 0 aliphatic rings. The molecule has 0 saturated carbocycles. The molecule has 2 unspecified atom stereocenters. The van der Waals surface area contributed by atoms with Crippen LogP contribution in [-0.2, 0) is 14.3 Å². The molecule has 1 rings (SSSR count). The van der Waals surface area contributed by atoms with Gasteiger partial charge in [0.1, 0.15) is 5.60 Å². The van der Waals surface area contributed by atoms with Crippen LogP contribution in [0.4, 0.5) is 0 Å². The molecular weight excluding hydrogens is 258 g/mol. The number of carbonyl (C=O) groups is 2. The molecule has 0 radical (unpaired) electrons. The second kappa shape index (κ2) is 6.05. The molecule has 0 spiro atoms. The van der Waals surface area contributed by atoms with E-state index >= 15 is 0 Å². The number of nitrogens with two attached hydrogens (primary N) is 1. The van der Waals surface area contributed by atoms with Gasteiger partial charge in [0.2, 0.25) is 0 Å². The molecular formula is C15H21NO4. The number of aryl methyl sites for hydroxylation is 1. The SMILES string of the molecule is Cc1ccccc1C(N)C(C(=O)O)C(=O)OC(C)(C)C. The monoisotopic (exact) mass is 279 g/mol. The fourth-order valence-corrected chi connectivity index (χ4v) is 1.91.